The summed E-state index contributed by atoms with van der Waals surface area (Å²) in [5.41, 5.74) is 1.89. The van der Waals surface area contributed by atoms with E-state index in [9.17, 15) is 9.59 Å². The molecule has 1 amide bonds. The van der Waals surface area contributed by atoms with Gasteiger partial charge in [0.15, 0.2) is 13.2 Å². The third-order valence-corrected chi connectivity index (χ3v) is 3.54. The number of aryl methyl sites for hydroxylation is 1. The smallest absolute Gasteiger partial charge is 0.344 e. The van der Waals surface area contributed by atoms with Crippen molar-refractivity contribution in [3.63, 3.8) is 0 Å². The van der Waals surface area contributed by atoms with Crippen LogP contribution in [0.5, 0.6) is 5.75 Å². The number of halogens is 1. The van der Waals surface area contributed by atoms with Gasteiger partial charge in [-0.15, -0.1) is 0 Å². The predicted molar refractivity (Wildman–Crippen MR) is 90.9 cm³/mol. The first-order valence-electron chi connectivity index (χ1n) is 7.40. The fraction of sp³-hybridized carbons (Fsp3) is 0.222. The van der Waals surface area contributed by atoms with Crippen molar-refractivity contribution >= 4 is 23.5 Å². The summed E-state index contributed by atoms with van der Waals surface area (Å²) in [7, 11) is 0. The van der Waals surface area contributed by atoms with E-state index in [0.29, 0.717) is 10.8 Å². The van der Waals surface area contributed by atoms with E-state index in [-0.39, 0.29) is 19.8 Å². The molecule has 1 N–H and O–H groups in total. The van der Waals surface area contributed by atoms with E-state index in [1.165, 1.54) is 0 Å². The maximum Gasteiger partial charge on any atom is 0.344 e. The molecule has 0 heterocycles. The normalized spacial score (nSPS) is 10.1. The molecule has 0 radical (unpaired) electrons. The minimum atomic E-state index is -0.608. The lowest BCUT2D eigenvalue weighted by Crippen LogP contribution is -2.29. The monoisotopic (exact) mass is 347 g/mol. The standard InChI is InChI=1S/C18H18ClNO4/c1-13-6-8-15(9-7-13)23-12-18(22)24-11-17(21)20-10-14-4-2-3-5-16(14)19/h2-9H,10-12H2,1H3,(H,20,21). The van der Waals surface area contributed by atoms with Gasteiger partial charge < -0.3 is 14.8 Å². The molecular weight excluding hydrogens is 330 g/mol. The average molecular weight is 348 g/mol. The van der Waals surface area contributed by atoms with Gasteiger partial charge in [-0.1, -0.05) is 47.5 Å². The van der Waals surface area contributed by atoms with Crippen LogP contribution < -0.4 is 10.1 Å². The first-order valence-corrected chi connectivity index (χ1v) is 7.77. The highest BCUT2D eigenvalue weighted by Gasteiger charge is 2.09. The van der Waals surface area contributed by atoms with Crippen LogP contribution in [0, 0.1) is 6.92 Å². The maximum atomic E-state index is 11.7. The van der Waals surface area contributed by atoms with Gasteiger partial charge in [0.2, 0.25) is 0 Å². The van der Waals surface area contributed by atoms with Crippen LogP contribution in [0.2, 0.25) is 5.02 Å². The number of hydrogen-bond acceptors (Lipinski definition) is 4. The molecule has 0 saturated carbocycles. The molecule has 0 aromatic heterocycles. The lowest BCUT2D eigenvalue weighted by molar-refractivity contribution is -0.150. The molecule has 0 aliphatic carbocycles. The van der Waals surface area contributed by atoms with E-state index in [1.54, 1.807) is 18.2 Å². The van der Waals surface area contributed by atoms with Crippen molar-refractivity contribution in [3.8, 4) is 5.75 Å². The molecule has 0 atom stereocenters. The minimum absolute atomic E-state index is 0.249. The van der Waals surface area contributed by atoms with E-state index >= 15 is 0 Å². The third kappa shape index (κ3) is 5.93. The van der Waals surface area contributed by atoms with Gasteiger partial charge in [0.05, 0.1) is 0 Å². The van der Waals surface area contributed by atoms with Gasteiger partial charge in [0.25, 0.3) is 5.91 Å². The summed E-state index contributed by atoms with van der Waals surface area (Å²) in [6.45, 7) is 1.62. The van der Waals surface area contributed by atoms with Crippen molar-refractivity contribution < 1.29 is 19.1 Å². The van der Waals surface area contributed by atoms with Gasteiger partial charge >= 0.3 is 5.97 Å². The van der Waals surface area contributed by atoms with Crippen molar-refractivity contribution in [2.75, 3.05) is 13.2 Å². The minimum Gasteiger partial charge on any atom is -0.482 e. The Kier molecular flexibility index (Phi) is 6.63. The molecule has 6 heteroatoms. The highest BCUT2D eigenvalue weighted by atomic mass is 35.5. The molecule has 0 saturated heterocycles. The third-order valence-electron chi connectivity index (χ3n) is 3.18. The van der Waals surface area contributed by atoms with Crippen LogP contribution in [-0.4, -0.2) is 25.1 Å². The molecule has 0 fully saturated rings. The number of esters is 1. The second-order valence-corrected chi connectivity index (χ2v) is 5.54. The van der Waals surface area contributed by atoms with Gasteiger partial charge in [-0.25, -0.2) is 4.79 Å². The SMILES string of the molecule is Cc1ccc(OCC(=O)OCC(=O)NCc2ccccc2Cl)cc1. The van der Waals surface area contributed by atoms with Crippen molar-refractivity contribution in [2.24, 2.45) is 0 Å². The first-order chi connectivity index (χ1) is 11.5. The molecule has 0 aliphatic heterocycles. The largest absolute Gasteiger partial charge is 0.482 e. The summed E-state index contributed by atoms with van der Waals surface area (Å²) in [4.78, 5) is 23.2. The van der Waals surface area contributed by atoms with Crippen LogP contribution in [0.3, 0.4) is 0 Å². The molecule has 0 unspecified atom stereocenters. The molecule has 2 aromatic rings. The Labute approximate surface area is 145 Å². The fourth-order valence-electron chi connectivity index (χ4n) is 1.85. The quantitative estimate of drug-likeness (QED) is 0.782. The van der Waals surface area contributed by atoms with Crippen LogP contribution in [-0.2, 0) is 20.9 Å². The number of hydrogen-bond donors (Lipinski definition) is 1. The second kappa shape index (κ2) is 8.93. The van der Waals surface area contributed by atoms with Gasteiger partial charge in [0.1, 0.15) is 5.75 Å². The Morgan fingerprint density at radius 2 is 1.75 bits per heavy atom. The summed E-state index contributed by atoms with van der Waals surface area (Å²) in [6, 6.07) is 14.5. The molecule has 2 aromatic carbocycles. The van der Waals surface area contributed by atoms with Crippen LogP contribution in [0.4, 0.5) is 0 Å². The number of carbonyl (C=O) groups is 2. The van der Waals surface area contributed by atoms with E-state index in [2.05, 4.69) is 5.32 Å². The lowest BCUT2D eigenvalue weighted by Gasteiger charge is -2.09. The molecule has 2 rings (SSSR count). The number of benzene rings is 2. The van der Waals surface area contributed by atoms with Crippen molar-refractivity contribution in [1.29, 1.82) is 0 Å². The summed E-state index contributed by atoms with van der Waals surface area (Å²) >= 11 is 5.99. The molecular formula is C18H18ClNO4. The van der Waals surface area contributed by atoms with Crippen LogP contribution >= 0.6 is 11.6 Å². The number of amides is 1. The van der Waals surface area contributed by atoms with Gasteiger partial charge in [0, 0.05) is 11.6 Å². The van der Waals surface area contributed by atoms with E-state index in [4.69, 9.17) is 21.1 Å². The molecule has 5 nitrogen and oxygen atoms in total. The summed E-state index contributed by atoms with van der Waals surface area (Å²) < 4.78 is 10.1. The Balaban J connectivity index is 1.66. The van der Waals surface area contributed by atoms with Crippen molar-refractivity contribution in [3.05, 3.63) is 64.7 Å². The van der Waals surface area contributed by atoms with E-state index < -0.39 is 11.9 Å². The predicted octanol–water partition coefficient (Wildman–Crippen LogP) is 2.89. The summed E-state index contributed by atoms with van der Waals surface area (Å²) in [6.07, 6.45) is 0. The second-order valence-electron chi connectivity index (χ2n) is 5.13. The molecule has 0 bridgehead atoms. The highest BCUT2D eigenvalue weighted by Crippen LogP contribution is 2.14. The van der Waals surface area contributed by atoms with Crippen LogP contribution in [0.25, 0.3) is 0 Å². The Morgan fingerprint density at radius 3 is 2.46 bits per heavy atom. The number of rotatable bonds is 7. The fourth-order valence-corrected chi connectivity index (χ4v) is 2.05. The zero-order valence-corrected chi connectivity index (χ0v) is 14.0. The summed E-state index contributed by atoms with van der Waals surface area (Å²) in [5.74, 6) is -0.442. The van der Waals surface area contributed by atoms with Crippen LogP contribution in [0.1, 0.15) is 11.1 Å². The van der Waals surface area contributed by atoms with E-state index in [0.717, 1.165) is 11.1 Å². The number of nitrogens with one attached hydrogen (secondary N) is 1. The zero-order chi connectivity index (χ0) is 17.4. The summed E-state index contributed by atoms with van der Waals surface area (Å²) in [5, 5.41) is 3.20. The van der Waals surface area contributed by atoms with Crippen LogP contribution in [0.15, 0.2) is 48.5 Å². The van der Waals surface area contributed by atoms with Gasteiger partial charge in [-0.2, -0.15) is 0 Å². The lowest BCUT2D eigenvalue weighted by atomic mass is 10.2. The van der Waals surface area contributed by atoms with E-state index in [1.807, 2.05) is 37.3 Å². The Hall–Kier alpha value is -2.53. The van der Waals surface area contributed by atoms with Crippen molar-refractivity contribution in [1.82, 2.24) is 5.32 Å². The van der Waals surface area contributed by atoms with Gasteiger partial charge in [-0.3, -0.25) is 4.79 Å². The number of carbonyl (C=O) groups excluding carboxylic acids is 2. The van der Waals surface area contributed by atoms with Crippen molar-refractivity contribution in [2.45, 2.75) is 13.5 Å². The molecule has 126 valence electrons. The Bertz CT molecular complexity index is 700. The zero-order valence-electron chi connectivity index (χ0n) is 13.3. The van der Waals surface area contributed by atoms with Gasteiger partial charge in [-0.05, 0) is 30.7 Å². The average Bonchev–Trinajstić information content (AvgIpc) is 2.58. The maximum absolute atomic E-state index is 11.7. The molecule has 0 spiro atoms. The highest BCUT2D eigenvalue weighted by molar-refractivity contribution is 6.31. The topological polar surface area (TPSA) is 64.6 Å². The number of ether oxygens (including phenoxy) is 2. The Morgan fingerprint density at radius 1 is 1.04 bits per heavy atom. The molecule has 24 heavy (non-hydrogen) atoms. The first kappa shape index (κ1) is 17.8. The molecule has 0 aliphatic rings.